The van der Waals surface area contributed by atoms with Crippen LogP contribution in [0.5, 0.6) is 0 Å². The van der Waals surface area contributed by atoms with Gasteiger partial charge in [-0.3, -0.25) is 9.59 Å². The molecular formula is C20H30FN3O2. The first-order valence-corrected chi connectivity index (χ1v) is 9.54. The van der Waals surface area contributed by atoms with Crippen molar-refractivity contribution in [2.24, 2.45) is 5.92 Å². The highest BCUT2D eigenvalue weighted by atomic mass is 19.1. The minimum Gasteiger partial charge on any atom is -0.354 e. The number of benzene rings is 1. The van der Waals surface area contributed by atoms with Gasteiger partial charge in [-0.05, 0) is 69.1 Å². The van der Waals surface area contributed by atoms with Gasteiger partial charge >= 0.3 is 0 Å². The summed E-state index contributed by atoms with van der Waals surface area (Å²) in [6, 6.07) is 4.69. The Hall–Kier alpha value is -1.95. The van der Waals surface area contributed by atoms with Gasteiger partial charge in [0.15, 0.2) is 0 Å². The quantitative estimate of drug-likeness (QED) is 0.698. The van der Waals surface area contributed by atoms with Crippen molar-refractivity contribution < 1.29 is 14.0 Å². The lowest BCUT2D eigenvalue weighted by Gasteiger charge is -2.26. The van der Waals surface area contributed by atoms with Crippen molar-refractivity contribution in [3.63, 3.8) is 0 Å². The monoisotopic (exact) mass is 363 g/mol. The summed E-state index contributed by atoms with van der Waals surface area (Å²) < 4.78 is 13.0. The highest BCUT2D eigenvalue weighted by Crippen LogP contribution is 2.09. The summed E-state index contributed by atoms with van der Waals surface area (Å²) in [7, 11) is 0. The summed E-state index contributed by atoms with van der Waals surface area (Å²) in [6.07, 6.45) is 4.74. The van der Waals surface area contributed by atoms with Crippen LogP contribution in [0.3, 0.4) is 0 Å². The van der Waals surface area contributed by atoms with Crippen molar-refractivity contribution in [1.29, 1.82) is 0 Å². The summed E-state index contributed by atoms with van der Waals surface area (Å²) in [5.74, 6) is -0.976. The normalized spacial score (nSPS) is 16.3. The van der Waals surface area contributed by atoms with Gasteiger partial charge in [0, 0.05) is 12.1 Å². The second-order valence-electron chi connectivity index (χ2n) is 7.25. The van der Waals surface area contributed by atoms with Crippen LogP contribution in [0.4, 0.5) is 4.39 Å². The average molecular weight is 363 g/mol. The number of carbonyl (C=O) groups excluding carboxylic acids is 2. The maximum absolute atomic E-state index is 13.0. The maximum atomic E-state index is 13.0. The number of halogens is 1. The first-order valence-electron chi connectivity index (χ1n) is 9.54. The lowest BCUT2D eigenvalue weighted by atomic mass is 10.0. The zero-order chi connectivity index (χ0) is 18.9. The van der Waals surface area contributed by atoms with Crippen LogP contribution in [0.2, 0.25) is 0 Å². The molecule has 1 atom stereocenters. The Morgan fingerprint density at radius 2 is 1.77 bits per heavy atom. The Balaban J connectivity index is 1.78. The third-order valence-electron chi connectivity index (χ3n) is 4.74. The molecule has 0 aliphatic carbocycles. The van der Waals surface area contributed by atoms with Crippen LogP contribution in [0.1, 0.15) is 49.9 Å². The van der Waals surface area contributed by atoms with E-state index in [2.05, 4.69) is 15.5 Å². The van der Waals surface area contributed by atoms with E-state index in [-0.39, 0.29) is 17.7 Å². The molecule has 2 N–H and O–H groups in total. The second-order valence-corrected chi connectivity index (χ2v) is 7.25. The molecule has 26 heavy (non-hydrogen) atoms. The fourth-order valence-electron chi connectivity index (χ4n) is 3.17. The number of nitrogens with one attached hydrogen (secondary N) is 2. The van der Waals surface area contributed by atoms with Crippen molar-refractivity contribution in [2.45, 2.75) is 45.6 Å². The average Bonchev–Trinajstić information content (AvgIpc) is 2.64. The number of carbonyl (C=O) groups is 2. The second kappa shape index (κ2) is 10.3. The third-order valence-corrected chi connectivity index (χ3v) is 4.74. The molecular weight excluding hydrogens is 333 g/mol. The standard InChI is InChI=1S/C20H30FN3O2/c1-15(2)18(23-19(25)16-7-9-17(21)10-8-16)20(26)22-11-6-14-24-12-4-3-5-13-24/h7-10,15,18H,3-6,11-14H2,1-2H3,(H,22,26)(H,23,25). The molecule has 6 heteroatoms. The molecule has 1 aromatic rings. The van der Waals surface area contributed by atoms with E-state index in [1.54, 1.807) is 0 Å². The smallest absolute Gasteiger partial charge is 0.251 e. The fraction of sp³-hybridized carbons (Fsp3) is 0.600. The molecule has 0 aromatic heterocycles. The highest BCUT2D eigenvalue weighted by Gasteiger charge is 2.24. The Bertz CT molecular complexity index is 583. The molecule has 0 bridgehead atoms. The van der Waals surface area contributed by atoms with E-state index in [4.69, 9.17) is 0 Å². The number of hydrogen-bond donors (Lipinski definition) is 2. The van der Waals surface area contributed by atoms with Gasteiger partial charge in [-0.15, -0.1) is 0 Å². The van der Waals surface area contributed by atoms with Crippen LogP contribution in [-0.4, -0.2) is 48.9 Å². The van der Waals surface area contributed by atoms with Gasteiger partial charge in [-0.25, -0.2) is 4.39 Å². The van der Waals surface area contributed by atoms with Gasteiger partial charge in [-0.2, -0.15) is 0 Å². The van der Waals surface area contributed by atoms with Gasteiger partial charge in [0.1, 0.15) is 11.9 Å². The van der Waals surface area contributed by atoms with Crippen molar-refractivity contribution >= 4 is 11.8 Å². The summed E-state index contributed by atoms with van der Waals surface area (Å²) in [6.45, 7) is 7.68. The molecule has 2 rings (SSSR count). The lowest BCUT2D eigenvalue weighted by Crippen LogP contribution is -2.50. The van der Waals surface area contributed by atoms with Crippen LogP contribution in [-0.2, 0) is 4.79 Å². The Morgan fingerprint density at radius 1 is 1.12 bits per heavy atom. The minimum atomic E-state index is -0.609. The van der Waals surface area contributed by atoms with Gasteiger partial charge in [0.05, 0.1) is 0 Å². The van der Waals surface area contributed by atoms with Crippen LogP contribution in [0.15, 0.2) is 24.3 Å². The van der Waals surface area contributed by atoms with Crippen molar-refractivity contribution in [2.75, 3.05) is 26.2 Å². The Morgan fingerprint density at radius 3 is 2.38 bits per heavy atom. The number of hydrogen-bond acceptors (Lipinski definition) is 3. The molecule has 0 radical (unpaired) electrons. The first-order chi connectivity index (χ1) is 12.5. The predicted octanol–water partition coefficient (Wildman–Crippen LogP) is 2.57. The number of amides is 2. The number of likely N-dealkylation sites (tertiary alicyclic amines) is 1. The molecule has 5 nitrogen and oxygen atoms in total. The molecule has 1 unspecified atom stereocenters. The van der Waals surface area contributed by atoms with Gasteiger partial charge < -0.3 is 15.5 Å². The van der Waals surface area contributed by atoms with Gasteiger partial charge in [0.25, 0.3) is 5.91 Å². The van der Waals surface area contributed by atoms with Crippen LogP contribution < -0.4 is 10.6 Å². The van der Waals surface area contributed by atoms with Gasteiger partial charge in [-0.1, -0.05) is 20.3 Å². The first kappa shape index (κ1) is 20.4. The van der Waals surface area contributed by atoms with Crippen LogP contribution >= 0.6 is 0 Å². The topological polar surface area (TPSA) is 61.4 Å². The molecule has 0 saturated carbocycles. The summed E-state index contributed by atoms with van der Waals surface area (Å²) >= 11 is 0. The van der Waals surface area contributed by atoms with E-state index >= 15 is 0 Å². The van der Waals surface area contributed by atoms with Crippen LogP contribution in [0.25, 0.3) is 0 Å². The zero-order valence-corrected chi connectivity index (χ0v) is 15.8. The Kier molecular flexibility index (Phi) is 8.04. The molecule has 1 fully saturated rings. The van der Waals surface area contributed by atoms with E-state index in [1.165, 1.54) is 43.5 Å². The minimum absolute atomic E-state index is 0.0403. The molecule has 1 saturated heterocycles. The third kappa shape index (κ3) is 6.41. The molecule has 2 amide bonds. The number of rotatable bonds is 8. The highest BCUT2D eigenvalue weighted by molar-refractivity contribution is 5.97. The Labute approximate surface area is 155 Å². The molecule has 1 heterocycles. The molecule has 1 aliphatic rings. The van der Waals surface area contributed by atoms with E-state index in [0.29, 0.717) is 12.1 Å². The van der Waals surface area contributed by atoms with Crippen molar-refractivity contribution in [1.82, 2.24) is 15.5 Å². The lowest BCUT2D eigenvalue weighted by molar-refractivity contribution is -0.123. The van der Waals surface area contributed by atoms with E-state index in [9.17, 15) is 14.0 Å². The van der Waals surface area contributed by atoms with Gasteiger partial charge in [0.2, 0.25) is 5.91 Å². The molecule has 144 valence electrons. The molecule has 1 aromatic carbocycles. The van der Waals surface area contributed by atoms with E-state index in [1.807, 2.05) is 13.8 Å². The number of piperidine rings is 1. The van der Waals surface area contributed by atoms with Crippen molar-refractivity contribution in [3.8, 4) is 0 Å². The van der Waals surface area contributed by atoms with E-state index < -0.39 is 11.9 Å². The largest absolute Gasteiger partial charge is 0.354 e. The predicted molar refractivity (Wildman–Crippen MR) is 100 cm³/mol. The number of nitrogens with zero attached hydrogens (tertiary/aromatic N) is 1. The summed E-state index contributed by atoms with van der Waals surface area (Å²) in [4.78, 5) is 27.2. The maximum Gasteiger partial charge on any atom is 0.251 e. The van der Waals surface area contributed by atoms with E-state index in [0.717, 1.165) is 26.1 Å². The summed E-state index contributed by atoms with van der Waals surface area (Å²) in [5.41, 5.74) is 0.343. The zero-order valence-electron chi connectivity index (χ0n) is 15.8. The molecule has 0 spiro atoms. The van der Waals surface area contributed by atoms with Crippen LogP contribution in [0, 0.1) is 11.7 Å². The fourth-order valence-corrected chi connectivity index (χ4v) is 3.17. The SMILES string of the molecule is CC(C)C(NC(=O)c1ccc(F)cc1)C(=O)NCCCN1CCCCC1. The van der Waals surface area contributed by atoms with Crippen molar-refractivity contribution in [3.05, 3.63) is 35.6 Å². The summed E-state index contributed by atoms with van der Waals surface area (Å²) in [5, 5.41) is 5.69. The molecule has 1 aliphatic heterocycles.